The Hall–Kier alpha value is -3.37. The highest BCUT2D eigenvalue weighted by Gasteiger charge is 2.38. The van der Waals surface area contributed by atoms with E-state index in [1.54, 1.807) is 6.92 Å². The highest BCUT2D eigenvalue weighted by molar-refractivity contribution is 6.35. The second kappa shape index (κ2) is 14.1. The average Bonchev–Trinajstić information content (AvgIpc) is 2.90. The second-order valence-corrected chi connectivity index (χ2v) is 9.87. The van der Waals surface area contributed by atoms with Gasteiger partial charge in [0.2, 0.25) is 5.91 Å². The Morgan fingerprint density at radius 2 is 1.72 bits per heavy atom. The van der Waals surface area contributed by atoms with E-state index in [0.717, 1.165) is 30.2 Å². The Labute approximate surface area is 228 Å². The summed E-state index contributed by atoms with van der Waals surface area (Å²) in [5.74, 6) is -3.50. The number of piperazine rings is 1. The molecule has 2 aromatic rings. The first-order chi connectivity index (χ1) is 18.6. The summed E-state index contributed by atoms with van der Waals surface area (Å²) in [6, 6.07) is 9.98. The molecule has 212 valence electrons. The Morgan fingerprint density at radius 3 is 2.36 bits per heavy atom. The van der Waals surface area contributed by atoms with E-state index >= 15 is 0 Å². The van der Waals surface area contributed by atoms with E-state index in [9.17, 15) is 28.3 Å². The number of hydrogen-bond acceptors (Lipinski definition) is 5. The van der Waals surface area contributed by atoms with Gasteiger partial charge in [0.25, 0.3) is 0 Å². The number of carbonyl (C=O) groups is 3. The number of aliphatic hydroxyl groups excluding tert-OH is 1. The van der Waals surface area contributed by atoms with Gasteiger partial charge in [-0.05, 0) is 55.0 Å². The van der Waals surface area contributed by atoms with Crippen LogP contribution in [0.2, 0.25) is 0 Å². The van der Waals surface area contributed by atoms with Crippen molar-refractivity contribution in [3.05, 3.63) is 70.8 Å². The lowest BCUT2D eigenvalue weighted by Gasteiger charge is -2.39. The predicted octanol–water partition coefficient (Wildman–Crippen LogP) is 2.17. The minimum Gasteiger partial charge on any atom is -0.390 e. The third kappa shape index (κ3) is 8.31. The number of aliphatic hydroxyl groups is 1. The van der Waals surface area contributed by atoms with Gasteiger partial charge in [-0.25, -0.2) is 8.78 Å². The molecule has 1 heterocycles. The average molecular weight is 545 g/mol. The molecule has 0 spiro atoms. The van der Waals surface area contributed by atoms with Gasteiger partial charge >= 0.3 is 11.8 Å². The maximum absolute atomic E-state index is 13.8. The normalized spacial score (nSPS) is 17.3. The lowest BCUT2D eigenvalue weighted by Crippen LogP contribution is -2.61. The Balaban J connectivity index is 1.69. The van der Waals surface area contributed by atoms with Crippen molar-refractivity contribution < 1.29 is 28.3 Å². The van der Waals surface area contributed by atoms with Crippen LogP contribution in [0.25, 0.3) is 0 Å². The van der Waals surface area contributed by atoms with Crippen LogP contribution in [-0.4, -0.2) is 77.0 Å². The zero-order valence-corrected chi connectivity index (χ0v) is 22.8. The smallest absolute Gasteiger partial charge is 0.312 e. The van der Waals surface area contributed by atoms with E-state index in [2.05, 4.69) is 23.6 Å². The number of benzene rings is 2. The quantitative estimate of drug-likeness (QED) is 0.336. The van der Waals surface area contributed by atoms with E-state index in [1.807, 2.05) is 25.1 Å². The lowest BCUT2D eigenvalue weighted by atomic mass is 10.00. The van der Waals surface area contributed by atoms with Crippen LogP contribution in [0.15, 0.2) is 42.5 Å². The molecule has 8 nitrogen and oxygen atoms in total. The zero-order valence-electron chi connectivity index (χ0n) is 22.8. The van der Waals surface area contributed by atoms with E-state index < -0.39 is 41.5 Å². The predicted molar refractivity (Wildman–Crippen MR) is 144 cm³/mol. The van der Waals surface area contributed by atoms with Crippen molar-refractivity contribution in [2.24, 2.45) is 0 Å². The van der Waals surface area contributed by atoms with Gasteiger partial charge in [-0.3, -0.25) is 14.4 Å². The molecule has 1 aliphatic rings. The number of likely N-dealkylation sites (N-methyl/N-ethyl adjacent to an activating group) is 1. The first kappa shape index (κ1) is 30.2. The van der Waals surface area contributed by atoms with Crippen molar-refractivity contribution in [2.45, 2.75) is 64.8 Å². The lowest BCUT2D eigenvalue weighted by molar-refractivity contribution is -0.159. The van der Waals surface area contributed by atoms with Crippen LogP contribution in [0.4, 0.5) is 8.78 Å². The van der Waals surface area contributed by atoms with Crippen molar-refractivity contribution in [3.8, 4) is 0 Å². The molecule has 0 radical (unpaired) electrons. The molecule has 3 N–H and O–H groups in total. The minimum absolute atomic E-state index is 0.0390. The number of amides is 3. The largest absolute Gasteiger partial charge is 0.390 e. The summed E-state index contributed by atoms with van der Waals surface area (Å²) in [4.78, 5) is 40.8. The third-order valence-corrected chi connectivity index (χ3v) is 7.02. The standard InChI is InChI=1S/C29H38F2N4O4/c1-4-19-8-7-9-20(10-19)15-32-16-26(36)25(13-21-11-22(30)14-23(31)12-21)33-27(37)18-34-17-24(5-2)35(6-3)29(39)28(34)38/h7-12,14,24-26,32,36H,4-6,13,15-18H2,1-3H3,(H,33,37)/t24-,25+,26+/m1/s1. The Kier molecular flexibility index (Phi) is 10.9. The summed E-state index contributed by atoms with van der Waals surface area (Å²) < 4.78 is 27.7. The van der Waals surface area contributed by atoms with Gasteiger partial charge in [0.15, 0.2) is 0 Å². The van der Waals surface area contributed by atoms with Crippen molar-refractivity contribution in [1.82, 2.24) is 20.4 Å². The summed E-state index contributed by atoms with van der Waals surface area (Å²) in [6.45, 7) is 6.61. The fourth-order valence-corrected chi connectivity index (χ4v) is 4.91. The number of aryl methyl sites for hydroxylation is 1. The maximum Gasteiger partial charge on any atom is 0.312 e. The van der Waals surface area contributed by atoms with Crippen LogP contribution >= 0.6 is 0 Å². The summed E-state index contributed by atoms with van der Waals surface area (Å²) in [6.07, 6.45) is 0.384. The summed E-state index contributed by atoms with van der Waals surface area (Å²) in [5.41, 5.74) is 2.49. The number of hydrogen-bond donors (Lipinski definition) is 3. The number of rotatable bonds is 13. The molecule has 3 atom stereocenters. The van der Waals surface area contributed by atoms with Crippen molar-refractivity contribution >= 4 is 17.7 Å². The highest BCUT2D eigenvalue weighted by Crippen LogP contribution is 2.16. The molecule has 0 unspecified atom stereocenters. The molecule has 1 fully saturated rings. The van der Waals surface area contributed by atoms with Gasteiger partial charge in [-0.1, -0.05) is 38.1 Å². The zero-order chi connectivity index (χ0) is 28.5. The van der Waals surface area contributed by atoms with Gasteiger partial charge in [0.1, 0.15) is 18.2 Å². The van der Waals surface area contributed by atoms with E-state index in [4.69, 9.17) is 0 Å². The summed E-state index contributed by atoms with van der Waals surface area (Å²) in [7, 11) is 0. The topological polar surface area (TPSA) is 102 Å². The summed E-state index contributed by atoms with van der Waals surface area (Å²) >= 11 is 0. The van der Waals surface area contributed by atoms with Crippen LogP contribution < -0.4 is 10.6 Å². The van der Waals surface area contributed by atoms with Gasteiger partial charge in [0.05, 0.1) is 12.1 Å². The number of nitrogens with one attached hydrogen (secondary N) is 2. The first-order valence-electron chi connectivity index (χ1n) is 13.5. The molecule has 0 aromatic heterocycles. The second-order valence-electron chi connectivity index (χ2n) is 9.87. The van der Waals surface area contributed by atoms with Gasteiger partial charge in [-0.15, -0.1) is 0 Å². The molecule has 0 aliphatic carbocycles. The van der Waals surface area contributed by atoms with Crippen LogP contribution in [0, 0.1) is 11.6 Å². The van der Waals surface area contributed by atoms with Crippen LogP contribution in [0.3, 0.4) is 0 Å². The van der Waals surface area contributed by atoms with Crippen molar-refractivity contribution in [2.75, 3.05) is 26.2 Å². The number of nitrogens with zero attached hydrogens (tertiary/aromatic N) is 2. The molecule has 1 saturated heterocycles. The van der Waals surface area contributed by atoms with Gasteiger partial charge in [0, 0.05) is 38.3 Å². The Bertz CT molecular complexity index is 1140. The molecule has 3 rings (SSSR count). The minimum atomic E-state index is -1.10. The van der Waals surface area contributed by atoms with E-state index in [0.29, 0.717) is 19.5 Å². The SMILES string of the molecule is CCc1cccc(CNC[C@H](O)[C@H](Cc2cc(F)cc(F)c2)NC(=O)CN2C[C@@H](CC)N(CC)C(=O)C2=O)c1. The highest BCUT2D eigenvalue weighted by atomic mass is 19.1. The molecule has 2 aromatic carbocycles. The number of halogens is 2. The van der Waals surface area contributed by atoms with Crippen molar-refractivity contribution in [1.29, 1.82) is 0 Å². The van der Waals surface area contributed by atoms with E-state index in [-0.39, 0.29) is 37.7 Å². The Morgan fingerprint density at radius 1 is 1.03 bits per heavy atom. The molecule has 1 aliphatic heterocycles. The monoisotopic (exact) mass is 544 g/mol. The fraction of sp³-hybridized carbons (Fsp3) is 0.483. The molecule has 0 saturated carbocycles. The van der Waals surface area contributed by atoms with Crippen molar-refractivity contribution in [3.63, 3.8) is 0 Å². The first-order valence-corrected chi connectivity index (χ1v) is 13.5. The molecule has 10 heteroatoms. The van der Waals surface area contributed by atoms with E-state index in [1.165, 1.54) is 15.4 Å². The maximum atomic E-state index is 13.8. The fourth-order valence-electron chi connectivity index (χ4n) is 4.91. The van der Waals surface area contributed by atoms with Crippen LogP contribution in [0.1, 0.15) is 43.9 Å². The molecular formula is C29H38F2N4O4. The molecule has 3 amide bonds. The van der Waals surface area contributed by atoms with Gasteiger partial charge in [-0.2, -0.15) is 0 Å². The van der Waals surface area contributed by atoms with Crippen LogP contribution in [0.5, 0.6) is 0 Å². The molecular weight excluding hydrogens is 506 g/mol. The molecule has 39 heavy (non-hydrogen) atoms. The molecule has 0 bridgehead atoms. The van der Waals surface area contributed by atoms with Crippen LogP contribution in [-0.2, 0) is 33.8 Å². The third-order valence-electron chi connectivity index (χ3n) is 7.02. The summed E-state index contributed by atoms with van der Waals surface area (Å²) in [5, 5.41) is 16.9. The number of carbonyl (C=O) groups excluding carboxylic acids is 3. The van der Waals surface area contributed by atoms with Gasteiger partial charge < -0.3 is 25.5 Å².